The average Bonchev–Trinajstić information content (AvgIpc) is 2.03. The van der Waals surface area contributed by atoms with Crippen LogP contribution in [0, 0.1) is 0 Å². The Bertz CT molecular complexity index is 149. The molecule has 0 fully saturated rings. The summed E-state index contributed by atoms with van der Waals surface area (Å²) in [4.78, 5) is 0. The van der Waals surface area contributed by atoms with Crippen molar-refractivity contribution in [1.29, 1.82) is 0 Å². The summed E-state index contributed by atoms with van der Waals surface area (Å²) >= 11 is 0. The second kappa shape index (κ2) is 7.33. The summed E-state index contributed by atoms with van der Waals surface area (Å²) in [6.45, 7) is 7.87. The smallest absolute Gasteiger partial charge is 0.0142 e. The maximum absolute atomic E-state index is 3.72. The van der Waals surface area contributed by atoms with Crippen LogP contribution in [0.25, 0.3) is 0 Å². The SMILES string of the molecule is C=CC/C(=C\C)CC/C=C/C. The molecule has 0 aromatic rings. The molecule has 0 aromatic carbocycles. The second-order valence-electron chi connectivity index (χ2n) is 2.55. The highest BCUT2D eigenvalue weighted by molar-refractivity contribution is 5.05. The molecule has 0 heteroatoms. The van der Waals surface area contributed by atoms with Gasteiger partial charge < -0.3 is 0 Å². The Morgan fingerprint density at radius 1 is 1.36 bits per heavy atom. The van der Waals surface area contributed by atoms with E-state index in [1.54, 1.807) is 0 Å². The number of hydrogen-bond acceptors (Lipinski definition) is 0. The fourth-order valence-corrected chi connectivity index (χ4v) is 0.985. The van der Waals surface area contributed by atoms with Gasteiger partial charge in [0.2, 0.25) is 0 Å². The van der Waals surface area contributed by atoms with E-state index in [0.717, 1.165) is 12.8 Å². The van der Waals surface area contributed by atoms with Gasteiger partial charge >= 0.3 is 0 Å². The monoisotopic (exact) mass is 150 g/mol. The predicted molar refractivity (Wildman–Crippen MR) is 52.6 cm³/mol. The molecule has 0 aliphatic heterocycles. The summed E-state index contributed by atoms with van der Waals surface area (Å²) in [5, 5.41) is 0. The van der Waals surface area contributed by atoms with E-state index < -0.39 is 0 Å². The Morgan fingerprint density at radius 3 is 2.55 bits per heavy atom. The first kappa shape index (κ1) is 10.2. The van der Waals surface area contributed by atoms with Crippen molar-refractivity contribution < 1.29 is 0 Å². The molecule has 0 aliphatic rings. The highest BCUT2D eigenvalue weighted by Gasteiger charge is 1.90. The maximum Gasteiger partial charge on any atom is -0.0142 e. The van der Waals surface area contributed by atoms with E-state index in [-0.39, 0.29) is 0 Å². The van der Waals surface area contributed by atoms with Gasteiger partial charge in [0.25, 0.3) is 0 Å². The standard InChI is InChI=1S/C11H18/c1-4-7-8-10-11(6-3)9-5-2/h4-7H,2,8-10H2,1,3H3/b7-4+,11-6+. The summed E-state index contributed by atoms with van der Waals surface area (Å²) in [5.41, 5.74) is 1.48. The largest absolute Gasteiger partial charge is 0.103 e. The van der Waals surface area contributed by atoms with Crippen LogP contribution < -0.4 is 0 Å². The van der Waals surface area contributed by atoms with Crippen molar-refractivity contribution in [3.05, 3.63) is 36.5 Å². The first-order chi connectivity index (χ1) is 5.35. The Labute approximate surface area is 70.3 Å². The summed E-state index contributed by atoms with van der Waals surface area (Å²) < 4.78 is 0. The van der Waals surface area contributed by atoms with Gasteiger partial charge in [-0.05, 0) is 33.1 Å². The third-order valence-corrected chi connectivity index (χ3v) is 1.68. The molecule has 0 radical (unpaired) electrons. The van der Waals surface area contributed by atoms with Crippen LogP contribution in [0.15, 0.2) is 36.5 Å². The molecule has 0 N–H and O–H groups in total. The molecular weight excluding hydrogens is 132 g/mol. The Kier molecular flexibility index (Phi) is 6.81. The van der Waals surface area contributed by atoms with E-state index in [4.69, 9.17) is 0 Å². The molecule has 11 heavy (non-hydrogen) atoms. The van der Waals surface area contributed by atoms with Gasteiger partial charge in [-0.2, -0.15) is 0 Å². The minimum atomic E-state index is 1.04. The van der Waals surface area contributed by atoms with Gasteiger partial charge in [0.15, 0.2) is 0 Å². The van der Waals surface area contributed by atoms with E-state index in [0.29, 0.717) is 0 Å². The molecule has 0 saturated carbocycles. The Hall–Kier alpha value is -0.780. The zero-order valence-electron chi connectivity index (χ0n) is 7.64. The lowest BCUT2D eigenvalue weighted by Gasteiger charge is -1.99. The highest BCUT2D eigenvalue weighted by Crippen LogP contribution is 2.10. The third kappa shape index (κ3) is 5.65. The molecule has 0 bridgehead atoms. The average molecular weight is 150 g/mol. The van der Waals surface area contributed by atoms with Gasteiger partial charge in [-0.25, -0.2) is 0 Å². The molecule has 0 nitrogen and oxygen atoms in total. The zero-order chi connectivity index (χ0) is 8.53. The Balaban J connectivity index is 3.61. The predicted octanol–water partition coefficient (Wildman–Crippen LogP) is 3.87. The summed E-state index contributed by atoms with van der Waals surface area (Å²) in [6, 6.07) is 0. The van der Waals surface area contributed by atoms with Crippen LogP contribution in [0.2, 0.25) is 0 Å². The molecule has 0 unspecified atom stereocenters. The van der Waals surface area contributed by atoms with Gasteiger partial charge in [0, 0.05) is 0 Å². The quantitative estimate of drug-likeness (QED) is 0.522. The lowest BCUT2D eigenvalue weighted by atomic mass is 10.1. The maximum atomic E-state index is 3.72. The molecule has 0 rings (SSSR count). The molecule has 0 saturated heterocycles. The Morgan fingerprint density at radius 2 is 2.09 bits per heavy atom. The van der Waals surface area contributed by atoms with Crippen LogP contribution >= 0.6 is 0 Å². The van der Waals surface area contributed by atoms with Gasteiger partial charge in [-0.1, -0.05) is 29.9 Å². The molecule has 0 aromatic heterocycles. The van der Waals surface area contributed by atoms with Crippen molar-refractivity contribution in [2.24, 2.45) is 0 Å². The first-order valence-electron chi connectivity index (χ1n) is 4.21. The zero-order valence-corrected chi connectivity index (χ0v) is 7.64. The fourth-order valence-electron chi connectivity index (χ4n) is 0.985. The minimum absolute atomic E-state index is 1.04. The van der Waals surface area contributed by atoms with Crippen LogP contribution in [0.5, 0.6) is 0 Å². The van der Waals surface area contributed by atoms with Gasteiger partial charge in [-0.3, -0.25) is 0 Å². The van der Waals surface area contributed by atoms with Crippen molar-refractivity contribution in [1.82, 2.24) is 0 Å². The number of hydrogen-bond donors (Lipinski definition) is 0. The molecule has 0 spiro atoms. The number of rotatable bonds is 5. The van der Waals surface area contributed by atoms with Gasteiger partial charge in [-0.15, -0.1) is 6.58 Å². The molecular formula is C11H18. The van der Waals surface area contributed by atoms with E-state index in [1.807, 2.05) is 6.08 Å². The summed E-state index contributed by atoms with van der Waals surface area (Å²) in [7, 11) is 0. The van der Waals surface area contributed by atoms with E-state index in [1.165, 1.54) is 12.0 Å². The van der Waals surface area contributed by atoms with Crippen molar-refractivity contribution in [2.75, 3.05) is 0 Å². The normalized spacial score (nSPS) is 12.4. The van der Waals surface area contributed by atoms with Crippen molar-refractivity contribution >= 4 is 0 Å². The summed E-state index contributed by atoms with van der Waals surface area (Å²) in [5.74, 6) is 0. The van der Waals surface area contributed by atoms with Crippen molar-refractivity contribution in [3.8, 4) is 0 Å². The van der Waals surface area contributed by atoms with E-state index in [9.17, 15) is 0 Å². The van der Waals surface area contributed by atoms with E-state index in [2.05, 4.69) is 38.7 Å². The van der Waals surface area contributed by atoms with Crippen LogP contribution in [0.1, 0.15) is 33.1 Å². The minimum Gasteiger partial charge on any atom is -0.103 e. The van der Waals surface area contributed by atoms with Crippen LogP contribution in [-0.2, 0) is 0 Å². The highest BCUT2D eigenvalue weighted by atomic mass is 14.0. The summed E-state index contributed by atoms with van der Waals surface area (Å²) in [6.07, 6.45) is 11.8. The van der Waals surface area contributed by atoms with Crippen LogP contribution in [0.3, 0.4) is 0 Å². The third-order valence-electron chi connectivity index (χ3n) is 1.68. The molecule has 0 amide bonds. The molecule has 62 valence electrons. The first-order valence-corrected chi connectivity index (χ1v) is 4.21. The number of allylic oxidation sites excluding steroid dienone is 5. The van der Waals surface area contributed by atoms with Crippen molar-refractivity contribution in [2.45, 2.75) is 33.1 Å². The van der Waals surface area contributed by atoms with Gasteiger partial charge in [0.05, 0.1) is 0 Å². The van der Waals surface area contributed by atoms with Crippen LogP contribution in [-0.4, -0.2) is 0 Å². The van der Waals surface area contributed by atoms with Gasteiger partial charge in [0.1, 0.15) is 0 Å². The molecule has 0 heterocycles. The topological polar surface area (TPSA) is 0 Å². The molecule has 0 atom stereocenters. The second-order valence-corrected chi connectivity index (χ2v) is 2.55. The lowest BCUT2D eigenvalue weighted by Crippen LogP contribution is -1.79. The molecule has 0 aliphatic carbocycles. The van der Waals surface area contributed by atoms with Crippen LogP contribution in [0.4, 0.5) is 0 Å². The fraction of sp³-hybridized carbons (Fsp3) is 0.455. The van der Waals surface area contributed by atoms with Crippen molar-refractivity contribution in [3.63, 3.8) is 0 Å². The van der Waals surface area contributed by atoms with E-state index >= 15 is 0 Å². The lowest BCUT2D eigenvalue weighted by molar-refractivity contribution is 0.935.